The molecule has 0 unspecified atom stereocenters. The van der Waals surface area contributed by atoms with E-state index < -0.39 is 12.6 Å². The number of aromatic amines is 2. The second-order valence-electron chi connectivity index (χ2n) is 10.9. The average Bonchev–Trinajstić information content (AvgIpc) is 3.98. The van der Waals surface area contributed by atoms with Crippen molar-refractivity contribution in [3.63, 3.8) is 0 Å². The van der Waals surface area contributed by atoms with Gasteiger partial charge in [0.05, 0.1) is 22.8 Å². The van der Waals surface area contributed by atoms with Crippen molar-refractivity contribution in [2.24, 2.45) is 0 Å². The topological polar surface area (TPSA) is 109 Å². The molecule has 2 aliphatic rings. The Hall–Kier alpha value is -6.29. The minimum absolute atomic E-state index is 0.939. The van der Waals surface area contributed by atoms with Crippen LogP contribution in [0.1, 0.15) is 22.8 Å². The van der Waals surface area contributed by atoms with E-state index in [0.717, 1.165) is 63.4 Å². The van der Waals surface area contributed by atoms with Crippen LogP contribution >= 0.6 is 0 Å². The van der Waals surface area contributed by atoms with E-state index in [-0.39, 0.29) is 0 Å². The van der Waals surface area contributed by atoms with E-state index in [9.17, 15) is 0 Å². The molecule has 0 aliphatic carbocycles. The van der Waals surface area contributed by atoms with Crippen molar-refractivity contribution in [2.45, 2.75) is 0 Å². The van der Waals surface area contributed by atoms with E-state index in [1.165, 1.54) is 0 Å². The van der Waals surface area contributed by atoms with Crippen LogP contribution in [0.25, 0.3) is 46.4 Å². The van der Waals surface area contributed by atoms with Crippen LogP contribution in [-0.2, 0) is 12.6 Å². The Morgan fingerprint density at radius 3 is 0.878 bits per heavy atom. The first-order chi connectivity index (χ1) is 24.2. The predicted molar refractivity (Wildman–Crippen MR) is 194 cm³/mol. The van der Waals surface area contributed by atoms with Gasteiger partial charge >= 0.3 is 149 Å². The number of hydrogen-bond donors (Lipinski definition) is 2. The van der Waals surface area contributed by atoms with Crippen molar-refractivity contribution in [3.05, 3.63) is 169 Å². The number of pyridine rings is 4. The zero-order chi connectivity index (χ0) is 32.9. The maximum absolute atomic E-state index is 4.71. The van der Waals surface area contributed by atoms with E-state index in [2.05, 4.69) is 44.2 Å². The molecule has 7 aromatic rings. The molecule has 7 aromatic heterocycles. The number of nitrogens with one attached hydrogen (secondary N) is 2. The molecular weight excluding hydrogens is 651 g/mol. The Morgan fingerprint density at radius 2 is 0.633 bits per heavy atom. The van der Waals surface area contributed by atoms with Crippen molar-refractivity contribution in [1.29, 1.82) is 0 Å². The van der Waals surface area contributed by atoms with Gasteiger partial charge in [-0.1, -0.05) is 0 Å². The monoisotopic (exact) mass is 681 g/mol. The molecule has 2 aliphatic heterocycles. The number of fused-ring (bicyclic) bond motifs is 8. The van der Waals surface area contributed by atoms with Gasteiger partial charge in [-0.3, -0.25) is 0 Å². The Kier molecular flexibility index (Phi) is 8.25. The molecular formula is C40H30CoN8. The molecule has 0 saturated heterocycles. The predicted octanol–water partition coefficient (Wildman–Crippen LogP) is 5.68. The van der Waals surface area contributed by atoms with E-state index in [4.69, 9.17) is 19.9 Å². The van der Waals surface area contributed by atoms with Crippen LogP contribution in [0.3, 0.4) is 0 Å². The molecule has 0 amide bonds. The summed E-state index contributed by atoms with van der Waals surface area (Å²) in [5.74, 6) is 0. The van der Waals surface area contributed by atoms with Gasteiger partial charge in [0, 0.05) is 22.1 Å². The minimum atomic E-state index is -2.33. The molecule has 49 heavy (non-hydrogen) atoms. The van der Waals surface area contributed by atoms with Crippen molar-refractivity contribution >= 4 is 64.9 Å². The quantitative estimate of drug-likeness (QED) is 0.248. The van der Waals surface area contributed by atoms with Gasteiger partial charge in [-0.05, 0) is 72.8 Å². The van der Waals surface area contributed by atoms with Gasteiger partial charge in [-0.15, -0.1) is 0 Å². The zero-order valence-corrected chi connectivity index (χ0v) is 27.2. The van der Waals surface area contributed by atoms with Gasteiger partial charge in [0.25, 0.3) is 0 Å². The maximum atomic E-state index is 4.71. The van der Waals surface area contributed by atoms with Gasteiger partial charge in [0.15, 0.2) is 0 Å². The van der Waals surface area contributed by atoms with Crippen LogP contribution in [0, 0.1) is 0 Å². The van der Waals surface area contributed by atoms with Gasteiger partial charge in [0.1, 0.15) is 0 Å². The summed E-state index contributed by atoms with van der Waals surface area (Å²) in [7, 11) is 0. The number of hydrogen-bond acceptors (Lipinski definition) is 6. The van der Waals surface area contributed by atoms with Crippen LogP contribution < -0.4 is 18.5 Å². The van der Waals surface area contributed by atoms with Gasteiger partial charge < -0.3 is 9.97 Å². The zero-order valence-electron chi connectivity index (χ0n) is 26.2. The van der Waals surface area contributed by atoms with E-state index in [0.29, 0.717) is 0 Å². The first-order valence-electron chi connectivity index (χ1n) is 15.6. The molecule has 8 nitrogen and oxygen atoms in total. The normalized spacial score (nSPS) is 12.2. The second kappa shape index (κ2) is 13.4. The molecule has 9 rings (SSSR count). The van der Waals surface area contributed by atoms with E-state index in [1.54, 1.807) is 0 Å². The summed E-state index contributed by atoms with van der Waals surface area (Å²) in [6.45, 7) is 0. The summed E-state index contributed by atoms with van der Waals surface area (Å²) in [6.07, 6.45) is 15.4. The summed E-state index contributed by atoms with van der Waals surface area (Å²) in [6, 6.07) is 40.3. The summed E-state index contributed by atoms with van der Waals surface area (Å²) >= 11 is -2.33. The van der Waals surface area contributed by atoms with E-state index >= 15 is 0 Å². The summed E-state index contributed by atoms with van der Waals surface area (Å²) in [5.41, 5.74) is 7.86. The van der Waals surface area contributed by atoms with Crippen molar-refractivity contribution in [1.82, 2.24) is 39.9 Å². The van der Waals surface area contributed by atoms with Crippen LogP contribution in [0.15, 0.2) is 146 Å². The van der Waals surface area contributed by atoms with Crippen LogP contribution in [0.2, 0.25) is 0 Å². The van der Waals surface area contributed by atoms with Crippen molar-refractivity contribution in [3.8, 4) is 0 Å². The second-order valence-corrected chi connectivity index (χ2v) is 14.6. The number of H-pyrrole nitrogens is 2. The SMILES string of the molecule is C1=Cc2cc3ccc(cc4nc(cc5ccc(cc1n2)[nH]5)C=C4)[nH]3.c1cc[c]([Co]([c]2ccccn2)([c]2ccccn2)[c]2ccccn2)nc1. The Labute approximate surface area is 285 Å². The summed E-state index contributed by atoms with van der Waals surface area (Å²) < 4.78 is 3.79. The number of aromatic nitrogens is 8. The molecule has 0 saturated carbocycles. The third-order valence-electron chi connectivity index (χ3n) is 7.53. The summed E-state index contributed by atoms with van der Waals surface area (Å²) in [4.78, 5) is 34.9. The molecule has 239 valence electrons. The molecule has 9 heterocycles. The molecule has 8 bridgehead atoms. The fraction of sp³-hybridized carbons (Fsp3) is 0. The van der Waals surface area contributed by atoms with Crippen LogP contribution in [0.4, 0.5) is 0 Å². The van der Waals surface area contributed by atoms with Gasteiger partial charge in [-0.25, -0.2) is 9.97 Å². The van der Waals surface area contributed by atoms with Crippen molar-refractivity contribution < 1.29 is 12.6 Å². The Balaban J connectivity index is 0.000000142. The standard InChI is InChI=1S/C20H14N4.4C5H4N.Co/c1-2-14-10-16-5-6-18(23-16)12-20-8-7-19(24-20)11-17-4-3-15(22-17)9-13(1)21-14;4*1-2-4-6-5-3-1;/h1-12,21,24H;4*1-4H;. The first kappa shape index (κ1) is 30.1. The van der Waals surface area contributed by atoms with Crippen molar-refractivity contribution in [2.75, 3.05) is 0 Å². The van der Waals surface area contributed by atoms with Crippen LogP contribution in [0.5, 0.6) is 0 Å². The Bertz CT molecular complexity index is 2100. The van der Waals surface area contributed by atoms with Gasteiger partial charge in [-0.2, -0.15) is 0 Å². The first-order valence-corrected chi connectivity index (χ1v) is 17.7. The molecule has 0 spiro atoms. The molecule has 2 N–H and O–H groups in total. The molecule has 0 aromatic carbocycles. The third-order valence-corrected chi connectivity index (χ3v) is 12.0. The molecule has 0 atom stereocenters. The average molecular weight is 682 g/mol. The summed E-state index contributed by atoms with van der Waals surface area (Å²) in [5, 5.41) is 0. The van der Waals surface area contributed by atoms with Crippen LogP contribution in [-0.4, -0.2) is 39.9 Å². The van der Waals surface area contributed by atoms with Gasteiger partial charge in [0.2, 0.25) is 0 Å². The Morgan fingerprint density at radius 1 is 0.347 bits per heavy atom. The van der Waals surface area contributed by atoms with E-state index in [1.807, 2.05) is 146 Å². The fourth-order valence-corrected chi connectivity index (χ4v) is 9.59. The molecule has 0 radical (unpaired) electrons. The molecule has 0 fully saturated rings. The molecule has 9 heteroatoms. The fourth-order valence-electron chi connectivity index (χ4n) is 5.40. The number of rotatable bonds is 4. The number of nitrogens with zero attached hydrogens (tertiary/aromatic N) is 6. The third kappa shape index (κ3) is 6.36.